The van der Waals surface area contributed by atoms with Gasteiger partial charge in [-0.25, -0.2) is 4.79 Å². The average Bonchev–Trinajstić information content (AvgIpc) is 2.59. The van der Waals surface area contributed by atoms with Crippen LogP contribution in [0.1, 0.15) is 40.5 Å². The summed E-state index contributed by atoms with van der Waals surface area (Å²) in [4.78, 5) is 30.6. The van der Waals surface area contributed by atoms with Crippen LogP contribution >= 0.6 is 0 Å². The second-order valence-electron chi connectivity index (χ2n) is 8.20. The summed E-state index contributed by atoms with van der Waals surface area (Å²) in [7, 11) is 0. The fourth-order valence-electron chi connectivity index (χ4n) is 3.47. The molecule has 0 spiro atoms. The molecule has 2 heterocycles. The van der Waals surface area contributed by atoms with Gasteiger partial charge in [0.05, 0.1) is 12.5 Å². The number of esters is 1. The Hall–Kier alpha value is -1.34. The largest absolute Gasteiger partial charge is 0.466 e. The van der Waals surface area contributed by atoms with Gasteiger partial charge in [-0.1, -0.05) is 0 Å². The number of carbonyl (C=O) groups is 2. The number of piperidine rings is 1. The minimum Gasteiger partial charge on any atom is -0.466 e. The van der Waals surface area contributed by atoms with Crippen molar-refractivity contribution < 1.29 is 19.1 Å². The number of ether oxygens (including phenoxy) is 2. The van der Waals surface area contributed by atoms with Gasteiger partial charge in [-0.2, -0.15) is 0 Å². The van der Waals surface area contributed by atoms with E-state index in [-0.39, 0.29) is 18.0 Å². The number of hydrogen-bond donors (Lipinski definition) is 0. The lowest BCUT2D eigenvalue weighted by molar-refractivity contribution is -0.149. The Bertz CT molecular complexity index is 470. The summed E-state index contributed by atoms with van der Waals surface area (Å²) in [6.45, 7) is 14.9. The Labute approximate surface area is 157 Å². The number of likely N-dealkylation sites (tertiary alicyclic amines) is 1. The molecule has 1 unspecified atom stereocenters. The molecule has 7 nitrogen and oxygen atoms in total. The van der Waals surface area contributed by atoms with Crippen LogP contribution in [0.2, 0.25) is 0 Å². The van der Waals surface area contributed by atoms with Crippen LogP contribution in [0.5, 0.6) is 0 Å². The van der Waals surface area contributed by atoms with Crippen LogP contribution in [-0.4, -0.2) is 91.3 Å². The van der Waals surface area contributed by atoms with E-state index in [1.165, 1.54) is 0 Å². The minimum absolute atomic E-state index is 0.0210. The van der Waals surface area contributed by atoms with Crippen LogP contribution < -0.4 is 0 Å². The Balaban J connectivity index is 1.68. The fraction of sp³-hybridized carbons (Fsp3) is 0.895. The highest BCUT2D eigenvalue weighted by Gasteiger charge is 2.28. The van der Waals surface area contributed by atoms with Crippen molar-refractivity contribution >= 4 is 12.1 Å². The highest BCUT2D eigenvalue weighted by Crippen LogP contribution is 2.18. The summed E-state index contributed by atoms with van der Waals surface area (Å²) < 4.78 is 10.6. The normalized spacial score (nSPS) is 22.9. The first-order chi connectivity index (χ1) is 12.3. The SMILES string of the molecule is CCOC(=O)C1CCCN(CCN2CCN(C(=O)OC(C)(C)C)CC2)C1. The van der Waals surface area contributed by atoms with Gasteiger partial charge in [0, 0.05) is 45.8 Å². The first-order valence-corrected chi connectivity index (χ1v) is 9.88. The van der Waals surface area contributed by atoms with Gasteiger partial charge >= 0.3 is 12.1 Å². The predicted octanol–water partition coefficient (Wildman–Crippen LogP) is 1.81. The van der Waals surface area contributed by atoms with Crippen molar-refractivity contribution in [3.05, 3.63) is 0 Å². The van der Waals surface area contributed by atoms with E-state index < -0.39 is 5.60 Å². The Kier molecular flexibility index (Phi) is 7.70. The molecule has 0 N–H and O–H groups in total. The summed E-state index contributed by atoms with van der Waals surface area (Å²) in [6.07, 6.45) is 1.77. The summed E-state index contributed by atoms with van der Waals surface area (Å²) >= 11 is 0. The quantitative estimate of drug-likeness (QED) is 0.689. The van der Waals surface area contributed by atoms with Gasteiger partial charge < -0.3 is 19.3 Å². The third kappa shape index (κ3) is 6.76. The van der Waals surface area contributed by atoms with E-state index in [4.69, 9.17) is 9.47 Å². The van der Waals surface area contributed by atoms with Crippen molar-refractivity contribution in [2.24, 2.45) is 5.92 Å². The zero-order chi connectivity index (χ0) is 19.2. The molecule has 0 saturated carbocycles. The molecule has 0 aromatic rings. The van der Waals surface area contributed by atoms with Crippen molar-refractivity contribution in [3.63, 3.8) is 0 Å². The van der Waals surface area contributed by atoms with Crippen LogP contribution in [-0.2, 0) is 14.3 Å². The molecular weight excluding hydrogens is 334 g/mol. The first-order valence-electron chi connectivity index (χ1n) is 9.88. The molecule has 0 aliphatic carbocycles. The number of rotatable bonds is 5. The van der Waals surface area contributed by atoms with E-state index in [1.54, 1.807) is 4.90 Å². The molecule has 7 heteroatoms. The number of carbonyl (C=O) groups excluding carboxylic acids is 2. The maximum absolute atomic E-state index is 12.1. The highest BCUT2D eigenvalue weighted by molar-refractivity contribution is 5.72. The summed E-state index contributed by atoms with van der Waals surface area (Å²) in [6, 6.07) is 0. The molecular formula is C19H35N3O4. The first kappa shape index (κ1) is 21.0. The smallest absolute Gasteiger partial charge is 0.410 e. The van der Waals surface area contributed by atoms with E-state index in [0.29, 0.717) is 19.7 Å². The molecule has 2 fully saturated rings. The van der Waals surface area contributed by atoms with Crippen molar-refractivity contribution in [2.45, 2.75) is 46.1 Å². The van der Waals surface area contributed by atoms with Gasteiger partial charge in [-0.05, 0) is 47.1 Å². The summed E-state index contributed by atoms with van der Waals surface area (Å²) in [5.74, 6) is -0.0316. The molecule has 2 aliphatic heterocycles. The molecule has 1 amide bonds. The van der Waals surface area contributed by atoms with Crippen molar-refractivity contribution in [1.82, 2.24) is 14.7 Å². The fourth-order valence-corrected chi connectivity index (χ4v) is 3.47. The van der Waals surface area contributed by atoms with Gasteiger partial charge in [0.1, 0.15) is 5.60 Å². The molecule has 2 saturated heterocycles. The lowest BCUT2D eigenvalue weighted by Crippen LogP contribution is -2.52. The number of amides is 1. The third-order valence-corrected chi connectivity index (χ3v) is 4.88. The predicted molar refractivity (Wildman–Crippen MR) is 100 cm³/mol. The van der Waals surface area contributed by atoms with Crippen LogP contribution in [0.3, 0.4) is 0 Å². The molecule has 2 rings (SSSR count). The summed E-state index contributed by atoms with van der Waals surface area (Å²) in [5, 5.41) is 0. The van der Waals surface area contributed by atoms with Gasteiger partial charge in [-0.3, -0.25) is 9.69 Å². The second-order valence-corrected chi connectivity index (χ2v) is 8.20. The van der Waals surface area contributed by atoms with Crippen molar-refractivity contribution in [3.8, 4) is 0 Å². The van der Waals surface area contributed by atoms with Gasteiger partial charge in [0.2, 0.25) is 0 Å². The van der Waals surface area contributed by atoms with Gasteiger partial charge in [-0.15, -0.1) is 0 Å². The molecule has 26 heavy (non-hydrogen) atoms. The van der Waals surface area contributed by atoms with E-state index in [0.717, 1.165) is 52.1 Å². The van der Waals surface area contributed by atoms with Crippen molar-refractivity contribution in [2.75, 3.05) is 59.0 Å². The Morgan fingerprint density at radius 3 is 2.27 bits per heavy atom. The maximum Gasteiger partial charge on any atom is 0.410 e. The van der Waals surface area contributed by atoms with E-state index in [1.807, 2.05) is 27.7 Å². The number of hydrogen-bond acceptors (Lipinski definition) is 6. The zero-order valence-electron chi connectivity index (χ0n) is 16.8. The molecule has 0 bridgehead atoms. The number of nitrogens with zero attached hydrogens (tertiary/aromatic N) is 3. The van der Waals surface area contributed by atoms with Crippen LogP contribution in [0.4, 0.5) is 4.79 Å². The van der Waals surface area contributed by atoms with Crippen molar-refractivity contribution in [1.29, 1.82) is 0 Å². The zero-order valence-corrected chi connectivity index (χ0v) is 16.8. The lowest BCUT2D eigenvalue weighted by Gasteiger charge is -2.37. The molecule has 150 valence electrons. The Morgan fingerprint density at radius 2 is 1.65 bits per heavy atom. The van der Waals surface area contributed by atoms with E-state index >= 15 is 0 Å². The summed E-state index contributed by atoms with van der Waals surface area (Å²) in [5.41, 5.74) is -0.446. The van der Waals surface area contributed by atoms with E-state index in [9.17, 15) is 9.59 Å². The van der Waals surface area contributed by atoms with Crippen LogP contribution in [0.15, 0.2) is 0 Å². The number of piperazine rings is 1. The van der Waals surface area contributed by atoms with Gasteiger partial charge in [0.25, 0.3) is 0 Å². The van der Waals surface area contributed by atoms with Gasteiger partial charge in [0.15, 0.2) is 0 Å². The lowest BCUT2D eigenvalue weighted by atomic mass is 9.98. The maximum atomic E-state index is 12.1. The molecule has 1 atom stereocenters. The minimum atomic E-state index is -0.446. The van der Waals surface area contributed by atoms with E-state index in [2.05, 4.69) is 9.80 Å². The van der Waals surface area contributed by atoms with Crippen LogP contribution in [0.25, 0.3) is 0 Å². The standard InChI is InChI=1S/C19H35N3O4/c1-5-25-17(23)16-7-6-8-21(15-16)10-9-20-11-13-22(14-12-20)18(24)26-19(2,3)4/h16H,5-15H2,1-4H3. The Morgan fingerprint density at radius 1 is 1.00 bits per heavy atom. The third-order valence-electron chi connectivity index (χ3n) is 4.88. The average molecular weight is 370 g/mol. The second kappa shape index (κ2) is 9.55. The molecule has 2 aliphatic rings. The molecule has 0 radical (unpaired) electrons. The van der Waals surface area contributed by atoms with Crippen LogP contribution in [0, 0.1) is 5.92 Å². The topological polar surface area (TPSA) is 62.3 Å². The highest BCUT2D eigenvalue weighted by atomic mass is 16.6. The molecule has 0 aromatic heterocycles. The monoisotopic (exact) mass is 369 g/mol. The molecule has 0 aromatic carbocycles.